The van der Waals surface area contributed by atoms with Gasteiger partial charge in [-0.1, -0.05) is 47.3 Å². The fraction of sp³-hybridized carbons (Fsp3) is 0.759. The Balaban J connectivity index is 1.63. The van der Waals surface area contributed by atoms with Crippen molar-refractivity contribution < 1.29 is 24.2 Å². The fourth-order valence-electron chi connectivity index (χ4n) is 7.08. The monoisotopic (exact) mass is 610 g/mol. The first kappa shape index (κ1) is 29.7. The number of thioether (sulfide) groups is 1. The molecule has 3 saturated heterocycles. The van der Waals surface area contributed by atoms with Crippen molar-refractivity contribution in [1.29, 1.82) is 0 Å². The van der Waals surface area contributed by atoms with Crippen LogP contribution in [0, 0.1) is 11.8 Å². The molecule has 3 aliphatic heterocycles. The molecule has 0 aromatic carbocycles. The van der Waals surface area contributed by atoms with Crippen molar-refractivity contribution in [1.82, 2.24) is 9.80 Å². The smallest absolute Gasteiger partial charge is 0.310 e. The van der Waals surface area contributed by atoms with Crippen molar-refractivity contribution >= 4 is 45.5 Å². The van der Waals surface area contributed by atoms with E-state index in [1.54, 1.807) is 22.7 Å². The second kappa shape index (κ2) is 13.4. The molecule has 1 saturated carbocycles. The van der Waals surface area contributed by atoms with E-state index in [1.165, 1.54) is 6.42 Å². The van der Waals surface area contributed by atoms with E-state index in [0.717, 1.165) is 44.9 Å². The van der Waals surface area contributed by atoms with Gasteiger partial charge in [-0.25, -0.2) is 0 Å². The van der Waals surface area contributed by atoms with Crippen LogP contribution < -0.4 is 0 Å². The standard InChI is InChI=1S/C29H43BrN2O5S/c1-3-5-6-12-18-37-28(36)22-23-26(34)32(16-10-11-17-33)25(29(23)19-21(30)24(22)38-29)27(35)31(15-4-2)20-13-8-7-9-14-20/h3-4,20-25,33H,1-2,5-19H2/t21?,22-,23+,24-,25?,29?/m1/s1. The number of allylic oxidation sites excluding steroid dienone is 1. The maximum Gasteiger partial charge on any atom is 0.310 e. The first-order chi connectivity index (χ1) is 18.4. The van der Waals surface area contributed by atoms with E-state index in [9.17, 15) is 19.5 Å². The molecule has 2 bridgehead atoms. The highest BCUT2D eigenvalue weighted by atomic mass is 79.9. The van der Waals surface area contributed by atoms with Crippen LogP contribution in [0.3, 0.4) is 0 Å². The number of carbonyl (C=O) groups is 3. The molecule has 3 heterocycles. The van der Waals surface area contributed by atoms with E-state index in [4.69, 9.17) is 4.74 Å². The molecule has 1 aliphatic carbocycles. The summed E-state index contributed by atoms with van der Waals surface area (Å²) in [4.78, 5) is 45.8. The molecule has 6 atom stereocenters. The molecule has 4 fully saturated rings. The Labute approximate surface area is 239 Å². The third-order valence-electron chi connectivity index (χ3n) is 8.77. The Morgan fingerprint density at radius 3 is 2.61 bits per heavy atom. The minimum Gasteiger partial charge on any atom is -0.465 e. The molecule has 7 nitrogen and oxygen atoms in total. The average molecular weight is 612 g/mol. The van der Waals surface area contributed by atoms with Crippen LogP contribution in [0.4, 0.5) is 0 Å². The first-order valence-corrected chi connectivity index (χ1v) is 16.1. The van der Waals surface area contributed by atoms with Crippen LogP contribution in [0.25, 0.3) is 0 Å². The number of hydrogen-bond acceptors (Lipinski definition) is 6. The number of likely N-dealkylation sites (tertiary alicyclic amines) is 1. The summed E-state index contributed by atoms with van der Waals surface area (Å²) in [5.74, 6) is -1.56. The lowest BCUT2D eigenvalue weighted by atomic mass is 9.71. The molecule has 0 aromatic rings. The van der Waals surface area contributed by atoms with Crippen LogP contribution in [0.15, 0.2) is 25.3 Å². The summed E-state index contributed by atoms with van der Waals surface area (Å²) < 4.78 is 5.06. The second-order valence-electron chi connectivity index (χ2n) is 11.1. The topological polar surface area (TPSA) is 87.2 Å². The van der Waals surface area contributed by atoms with Crippen molar-refractivity contribution in [2.24, 2.45) is 11.8 Å². The van der Waals surface area contributed by atoms with Gasteiger partial charge in [-0.2, -0.15) is 0 Å². The van der Waals surface area contributed by atoms with Crippen LogP contribution in [0.1, 0.15) is 70.6 Å². The number of aliphatic hydroxyl groups is 1. The van der Waals surface area contributed by atoms with Crippen molar-refractivity contribution in [2.45, 2.75) is 97.5 Å². The number of ether oxygens (including phenoxy) is 1. The second-order valence-corrected chi connectivity index (χ2v) is 13.9. The number of halogens is 1. The quantitative estimate of drug-likeness (QED) is 0.135. The molecule has 9 heteroatoms. The zero-order valence-electron chi connectivity index (χ0n) is 22.4. The SMILES string of the molecule is C=CCCCCOC(=O)[C@H]1[C@@H]2SC3(CC2Br)C(C(=O)N(CC=C)C2CCCCC2)N(CCCCO)C(=O)[C@H]13. The Hall–Kier alpha value is -1.32. The van der Waals surface area contributed by atoms with E-state index in [2.05, 4.69) is 29.1 Å². The lowest BCUT2D eigenvalue weighted by Gasteiger charge is -2.41. The highest BCUT2D eigenvalue weighted by Gasteiger charge is 2.76. The molecule has 2 amide bonds. The largest absolute Gasteiger partial charge is 0.465 e. The zero-order chi connectivity index (χ0) is 27.3. The van der Waals surface area contributed by atoms with Gasteiger partial charge in [0, 0.05) is 35.8 Å². The van der Waals surface area contributed by atoms with Gasteiger partial charge in [0.05, 0.1) is 23.2 Å². The minimum absolute atomic E-state index is 0.0112. The van der Waals surface area contributed by atoms with E-state index in [-0.39, 0.29) is 40.5 Å². The predicted octanol–water partition coefficient (Wildman–Crippen LogP) is 4.47. The minimum atomic E-state index is -0.660. The van der Waals surface area contributed by atoms with Crippen LogP contribution in [0.5, 0.6) is 0 Å². The average Bonchev–Trinajstić information content (AvgIpc) is 3.51. The summed E-state index contributed by atoms with van der Waals surface area (Å²) in [5, 5.41) is 9.30. The molecule has 4 rings (SSSR count). The molecular formula is C29H43BrN2O5S. The number of hydrogen-bond donors (Lipinski definition) is 1. The Kier molecular flexibility index (Phi) is 10.4. The lowest BCUT2D eigenvalue weighted by Crippen LogP contribution is -2.57. The summed E-state index contributed by atoms with van der Waals surface area (Å²) in [7, 11) is 0. The first-order valence-electron chi connectivity index (χ1n) is 14.3. The molecule has 3 unspecified atom stereocenters. The van der Waals surface area contributed by atoms with Gasteiger partial charge in [0.1, 0.15) is 6.04 Å². The summed E-state index contributed by atoms with van der Waals surface area (Å²) in [6.45, 7) is 8.90. The van der Waals surface area contributed by atoms with Gasteiger partial charge in [-0.3, -0.25) is 14.4 Å². The van der Waals surface area contributed by atoms with Gasteiger partial charge in [-0.05, 0) is 51.4 Å². The molecule has 0 radical (unpaired) electrons. The third kappa shape index (κ3) is 5.62. The number of amides is 2. The Bertz CT molecular complexity index is 896. The zero-order valence-corrected chi connectivity index (χ0v) is 24.8. The maximum atomic E-state index is 14.5. The van der Waals surface area contributed by atoms with Crippen LogP contribution in [-0.2, 0) is 19.1 Å². The van der Waals surface area contributed by atoms with Gasteiger partial charge in [0.2, 0.25) is 11.8 Å². The highest BCUT2D eigenvalue weighted by Crippen LogP contribution is 2.68. The lowest BCUT2D eigenvalue weighted by molar-refractivity contribution is -0.154. The van der Waals surface area contributed by atoms with Gasteiger partial charge in [0.15, 0.2) is 0 Å². The van der Waals surface area contributed by atoms with Crippen molar-refractivity contribution in [3.8, 4) is 0 Å². The molecule has 0 aromatic heterocycles. The Morgan fingerprint density at radius 2 is 1.92 bits per heavy atom. The van der Waals surface area contributed by atoms with Gasteiger partial charge in [0.25, 0.3) is 0 Å². The predicted molar refractivity (Wildman–Crippen MR) is 154 cm³/mol. The van der Waals surface area contributed by atoms with E-state index in [0.29, 0.717) is 39.0 Å². The fourth-order valence-corrected chi connectivity index (χ4v) is 10.7. The molecular weight excluding hydrogens is 568 g/mol. The van der Waals surface area contributed by atoms with E-state index < -0.39 is 22.6 Å². The van der Waals surface area contributed by atoms with Crippen LogP contribution in [-0.4, -0.2) is 85.9 Å². The number of unbranched alkanes of at least 4 members (excludes halogenated alkanes) is 3. The number of esters is 1. The van der Waals surface area contributed by atoms with E-state index in [1.807, 2.05) is 11.0 Å². The number of fused-ring (bicyclic) bond motifs is 1. The molecule has 4 aliphatic rings. The Morgan fingerprint density at radius 1 is 1.16 bits per heavy atom. The molecule has 1 N–H and O–H groups in total. The van der Waals surface area contributed by atoms with Gasteiger partial charge < -0.3 is 19.6 Å². The summed E-state index contributed by atoms with van der Waals surface area (Å²) in [6, 6.07) is -0.472. The summed E-state index contributed by atoms with van der Waals surface area (Å²) >= 11 is 5.48. The van der Waals surface area contributed by atoms with Crippen molar-refractivity contribution in [3.05, 3.63) is 25.3 Å². The van der Waals surface area contributed by atoms with E-state index >= 15 is 0 Å². The highest BCUT2D eigenvalue weighted by molar-refractivity contribution is 9.09. The van der Waals surface area contributed by atoms with Crippen molar-refractivity contribution in [3.63, 3.8) is 0 Å². The van der Waals surface area contributed by atoms with Gasteiger partial charge >= 0.3 is 5.97 Å². The van der Waals surface area contributed by atoms with Crippen molar-refractivity contribution in [2.75, 3.05) is 26.3 Å². The number of aliphatic hydroxyl groups excluding tert-OH is 1. The molecule has 1 spiro atoms. The molecule has 212 valence electrons. The third-order valence-corrected chi connectivity index (χ3v) is 12.0. The number of carbonyl (C=O) groups excluding carboxylic acids is 3. The molecule has 38 heavy (non-hydrogen) atoms. The number of nitrogens with zero attached hydrogens (tertiary/aromatic N) is 2. The summed E-state index contributed by atoms with van der Waals surface area (Å²) in [5.41, 5.74) is 0. The summed E-state index contributed by atoms with van der Waals surface area (Å²) in [6.07, 6.45) is 13.4. The normalized spacial score (nSPS) is 32.3. The van der Waals surface area contributed by atoms with Gasteiger partial charge in [-0.15, -0.1) is 24.9 Å². The number of rotatable bonds is 14. The van der Waals surface area contributed by atoms with Crippen LogP contribution >= 0.6 is 27.7 Å². The number of alkyl halides is 1. The maximum absolute atomic E-state index is 14.5. The van der Waals surface area contributed by atoms with Crippen LogP contribution in [0.2, 0.25) is 0 Å².